The van der Waals surface area contributed by atoms with Crippen LogP contribution in [0.2, 0.25) is 0 Å². The predicted molar refractivity (Wildman–Crippen MR) is 40.4 cm³/mol. The fourth-order valence-corrected chi connectivity index (χ4v) is 0.799. The summed E-state index contributed by atoms with van der Waals surface area (Å²) < 4.78 is 0. The van der Waals surface area contributed by atoms with Crippen LogP contribution in [0.3, 0.4) is 0 Å². The number of carbonyl (C=O) groups is 1. The zero-order valence-corrected chi connectivity index (χ0v) is 5.87. The van der Waals surface area contributed by atoms with E-state index < -0.39 is 5.97 Å². The topological polar surface area (TPSA) is 60.2 Å². The van der Waals surface area contributed by atoms with E-state index in [1.165, 1.54) is 12.1 Å². The number of phenols is 1. The number of carbonyl (C=O) groups excluding carboxylic acids is 1. The zero-order chi connectivity index (χ0) is 8.27. The lowest BCUT2D eigenvalue weighted by Crippen LogP contribution is -1.98. The minimum absolute atomic E-state index is 0.111. The molecule has 0 heterocycles. The first-order valence-electron chi connectivity index (χ1n) is 3.21. The Bertz CT molecular complexity index is 251. The SMILES string of the molecule is O=C([OH2+])Cc1ccc(O)cc1. The van der Waals surface area contributed by atoms with E-state index in [1.807, 2.05) is 0 Å². The van der Waals surface area contributed by atoms with Crippen molar-refractivity contribution in [2.24, 2.45) is 0 Å². The van der Waals surface area contributed by atoms with Gasteiger partial charge in [-0.15, -0.1) is 0 Å². The molecule has 3 heteroatoms. The second-order valence-corrected chi connectivity index (χ2v) is 2.27. The number of benzene rings is 1. The molecule has 3 N–H and O–H groups in total. The van der Waals surface area contributed by atoms with Gasteiger partial charge in [-0.05, 0) is 17.7 Å². The minimum atomic E-state index is -0.615. The van der Waals surface area contributed by atoms with Crippen LogP contribution in [0.1, 0.15) is 5.56 Å². The van der Waals surface area contributed by atoms with Crippen molar-refractivity contribution in [2.45, 2.75) is 6.42 Å². The Hall–Kier alpha value is -1.51. The smallest absolute Gasteiger partial charge is 0.520 e. The fourth-order valence-electron chi connectivity index (χ4n) is 0.799. The molecule has 0 spiro atoms. The highest BCUT2D eigenvalue weighted by molar-refractivity contribution is 5.70. The summed E-state index contributed by atoms with van der Waals surface area (Å²) in [5.74, 6) is -0.443. The van der Waals surface area contributed by atoms with Crippen LogP contribution in [0.5, 0.6) is 5.75 Å². The molecule has 0 unspecified atom stereocenters. The second-order valence-electron chi connectivity index (χ2n) is 2.27. The average Bonchev–Trinajstić information content (AvgIpc) is 1.93. The molecule has 11 heavy (non-hydrogen) atoms. The lowest BCUT2D eigenvalue weighted by molar-refractivity contribution is -0.136. The maximum Gasteiger partial charge on any atom is 0.520 e. The lowest BCUT2D eigenvalue weighted by Gasteiger charge is -1.93. The molecule has 1 aromatic carbocycles. The standard InChI is InChI=1S/C8H8O3/c9-7-3-1-6(2-4-7)5-8(10)11/h1-4,9H,5H2,(H,10,11)/p+1. The van der Waals surface area contributed by atoms with Gasteiger partial charge in [0.25, 0.3) is 0 Å². The third-order valence-corrected chi connectivity index (χ3v) is 1.30. The van der Waals surface area contributed by atoms with E-state index in [1.54, 1.807) is 12.1 Å². The number of hydrogen-bond donors (Lipinski definition) is 1. The lowest BCUT2D eigenvalue weighted by atomic mass is 10.1. The molecule has 0 saturated carbocycles. The van der Waals surface area contributed by atoms with Crippen molar-refractivity contribution < 1.29 is 15.0 Å². The molecule has 0 radical (unpaired) electrons. The van der Waals surface area contributed by atoms with Gasteiger partial charge in [-0.25, -0.2) is 0 Å². The average molecular weight is 153 g/mol. The monoisotopic (exact) mass is 153 g/mol. The van der Waals surface area contributed by atoms with E-state index in [0.717, 1.165) is 5.56 Å². The van der Waals surface area contributed by atoms with Gasteiger partial charge in [0, 0.05) is 4.79 Å². The van der Waals surface area contributed by atoms with Gasteiger partial charge in [0.05, 0.1) is 0 Å². The van der Waals surface area contributed by atoms with Gasteiger partial charge < -0.3 is 10.2 Å². The van der Waals surface area contributed by atoms with Crippen molar-refractivity contribution in [1.29, 1.82) is 0 Å². The van der Waals surface area contributed by atoms with Crippen LogP contribution in [0, 0.1) is 0 Å². The molecule has 0 bridgehead atoms. The van der Waals surface area contributed by atoms with Crippen molar-refractivity contribution in [3.05, 3.63) is 29.8 Å². The van der Waals surface area contributed by atoms with Crippen LogP contribution >= 0.6 is 0 Å². The summed E-state index contributed by atoms with van der Waals surface area (Å²) in [6.07, 6.45) is 0.111. The number of hydrogen-bond acceptors (Lipinski definition) is 2. The Kier molecular flexibility index (Phi) is 2.11. The summed E-state index contributed by atoms with van der Waals surface area (Å²) in [4.78, 5) is 10.3. The maximum atomic E-state index is 10.3. The highest BCUT2D eigenvalue weighted by atomic mass is 16.4. The largest absolute Gasteiger partial charge is 0.564 e. The van der Waals surface area contributed by atoms with Gasteiger partial charge in [-0.2, -0.15) is 0 Å². The number of rotatable bonds is 2. The maximum absolute atomic E-state index is 10.3. The van der Waals surface area contributed by atoms with Gasteiger partial charge in [0.15, 0.2) is 0 Å². The van der Waals surface area contributed by atoms with E-state index in [-0.39, 0.29) is 12.2 Å². The van der Waals surface area contributed by atoms with Crippen LogP contribution in [0.15, 0.2) is 24.3 Å². The Balaban J connectivity index is 2.74. The quantitative estimate of drug-likeness (QED) is 0.616. The Morgan fingerprint density at radius 2 is 1.91 bits per heavy atom. The fraction of sp³-hybridized carbons (Fsp3) is 0.125. The first-order chi connectivity index (χ1) is 5.18. The molecule has 58 valence electrons. The minimum Gasteiger partial charge on any atom is -0.564 e. The van der Waals surface area contributed by atoms with Gasteiger partial charge >= 0.3 is 5.97 Å². The Morgan fingerprint density at radius 1 is 1.36 bits per heavy atom. The molecule has 0 amide bonds. The van der Waals surface area contributed by atoms with Crippen molar-refractivity contribution in [3.8, 4) is 5.75 Å². The highest BCUT2D eigenvalue weighted by Crippen LogP contribution is 2.09. The second kappa shape index (κ2) is 3.05. The molecule has 0 atom stereocenters. The van der Waals surface area contributed by atoms with Crippen LogP contribution in [0.4, 0.5) is 0 Å². The van der Waals surface area contributed by atoms with Crippen LogP contribution in [0.25, 0.3) is 0 Å². The summed E-state index contributed by atoms with van der Waals surface area (Å²) in [6, 6.07) is 6.25. The molecule has 0 saturated heterocycles. The van der Waals surface area contributed by atoms with Gasteiger partial charge in [-0.3, -0.25) is 0 Å². The molecule has 3 nitrogen and oxygen atoms in total. The summed E-state index contributed by atoms with van der Waals surface area (Å²) in [7, 11) is 0. The molecule has 0 aromatic heterocycles. The summed E-state index contributed by atoms with van der Waals surface area (Å²) in [5.41, 5.74) is 0.753. The van der Waals surface area contributed by atoms with E-state index in [0.29, 0.717) is 0 Å². The van der Waals surface area contributed by atoms with Crippen LogP contribution in [-0.4, -0.2) is 16.2 Å². The summed E-state index contributed by atoms with van der Waals surface area (Å²) in [6.45, 7) is 0. The number of aromatic hydroxyl groups is 1. The summed E-state index contributed by atoms with van der Waals surface area (Å²) in [5, 5.41) is 15.5. The summed E-state index contributed by atoms with van der Waals surface area (Å²) >= 11 is 0. The molecule has 0 aliphatic rings. The van der Waals surface area contributed by atoms with Crippen LogP contribution in [-0.2, 0) is 11.2 Å². The third-order valence-electron chi connectivity index (χ3n) is 1.30. The highest BCUT2D eigenvalue weighted by Gasteiger charge is 2.06. The molecule has 0 aliphatic heterocycles. The number of phenolic OH excluding ortho intramolecular Hbond substituents is 1. The molecule has 0 aliphatic carbocycles. The van der Waals surface area contributed by atoms with E-state index in [9.17, 15) is 4.79 Å². The first kappa shape index (κ1) is 7.60. The van der Waals surface area contributed by atoms with Gasteiger partial charge in [0.1, 0.15) is 12.2 Å². The predicted octanol–water partition coefficient (Wildman–Crippen LogP) is 0.186. The van der Waals surface area contributed by atoms with E-state index in [4.69, 9.17) is 10.2 Å². The third kappa shape index (κ3) is 2.29. The van der Waals surface area contributed by atoms with Crippen molar-refractivity contribution in [2.75, 3.05) is 0 Å². The van der Waals surface area contributed by atoms with Crippen molar-refractivity contribution in [3.63, 3.8) is 0 Å². The van der Waals surface area contributed by atoms with Gasteiger partial charge in [0.2, 0.25) is 0 Å². The molecular formula is C8H9O3+. The zero-order valence-electron chi connectivity index (χ0n) is 5.87. The van der Waals surface area contributed by atoms with E-state index in [2.05, 4.69) is 0 Å². The Labute approximate surface area is 63.9 Å². The Morgan fingerprint density at radius 3 is 2.36 bits per heavy atom. The van der Waals surface area contributed by atoms with Crippen LogP contribution < -0.4 is 0 Å². The van der Waals surface area contributed by atoms with Crippen molar-refractivity contribution >= 4 is 5.97 Å². The molecule has 1 rings (SSSR count). The van der Waals surface area contributed by atoms with Gasteiger partial charge in [-0.1, -0.05) is 12.1 Å². The molecular weight excluding hydrogens is 144 g/mol. The normalized spacial score (nSPS) is 9.45. The van der Waals surface area contributed by atoms with E-state index >= 15 is 0 Å². The van der Waals surface area contributed by atoms with Crippen molar-refractivity contribution in [1.82, 2.24) is 0 Å². The first-order valence-corrected chi connectivity index (χ1v) is 3.21. The molecule has 0 fully saturated rings. The molecule has 1 aromatic rings.